The molecule has 0 aliphatic carbocycles. The summed E-state index contributed by atoms with van der Waals surface area (Å²) >= 11 is 6.77. The van der Waals surface area contributed by atoms with E-state index in [1.54, 1.807) is 24.3 Å². The summed E-state index contributed by atoms with van der Waals surface area (Å²) in [6.45, 7) is -0.298. The molecule has 2 amide bonds. The maximum absolute atomic E-state index is 12.8. The second-order valence-corrected chi connectivity index (χ2v) is 9.92. The Hall–Kier alpha value is -4.30. The van der Waals surface area contributed by atoms with Crippen LogP contribution in [-0.2, 0) is 4.79 Å². The fourth-order valence-corrected chi connectivity index (χ4v) is 4.99. The Morgan fingerprint density at radius 3 is 2.29 bits per heavy atom. The van der Waals surface area contributed by atoms with Gasteiger partial charge in [0.25, 0.3) is 11.8 Å². The number of methoxy groups -OCH3 is 3. The van der Waals surface area contributed by atoms with E-state index in [4.69, 9.17) is 28.4 Å². The van der Waals surface area contributed by atoms with E-state index >= 15 is 0 Å². The quantitative estimate of drug-likeness (QED) is 0.139. The normalized spacial score (nSPS) is 11.6. The number of nitrogens with one attached hydrogen (secondary N) is 2. The number of amides is 2. The highest BCUT2D eigenvalue weighted by molar-refractivity contribution is 9.11. The summed E-state index contributed by atoms with van der Waals surface area (Å²) in [5.74, 6) is 0.281. The van der Waals surface area contributed by atoms with E-state index in [0.717, 1.165) is 0 Å². The van der Waals surface area contributed by atoms with E-state index in [1.165, 1.54) is 45.7 Å². The third-order valence-corrected chi connectivity index (χ3v) is 6.62. The van der Waals surface area contributed by atoms with Crippen molar-refractivity contribution in [2.45, 2.75) is 0 Å². The SMILES string of the molecule is COc1cc(C(=O)NCC(=O)NN=Cc2cc(Br)cc(Br)c2OC(=O)c2ccc3c(c2)OCO3)cc(OC)c1OC. The third kappa shape index (κ3) is 7.08. The lowest BCUT2D eigenvalue weighted by Gasteiger charge is -2.14. The Kier molecular flexibility index (Phi) is 9.68. The van der Waals surface area contributed by atoms with E-state index in [9.17, 15) is 14.4 Å². The molecule has 0 unspecified atom stereocenters. The summed E-state index contributed by atoms with van der Waals surface area (Å²) in [4.78, 5) is 37.8. The molecule has 4 rings (SSSR count). The van der Waals surface area contributed by atoms with Crippen LogP contribution < -0.4 is 39.2 Å². The number of carbonyl (C=O) groups is 3. The molecule has 3 aromatic carbocycles. The van der Waals surface area contributed by atoms with Crippen LogP contribution in [0.1, 0.15) is 26.3 Å². The van der Waals surface area contributed by atoms with Crippen LogP contribution in [0.4, 0.5) is 0 Å². The van der Waals surface area contributed by atoms with Crippen LogP contribution in [0.5, 0.6) is 34.5 Å². The summed E-state index contributed by atoms with van der Waals surface area (Å²) in [6.07, 6.45) is 1.30. The zero-order chi connectivity index (χ0) is 29.5. The molecular formula is C27H23Br2N3O9. The molecule has 0 fully saturated rings. The van der Waals surface area contributed by atoms with Crippen molar-refractivity contribution in [2.24, 2.45) is 5.10 Å². The number of carbonyl (C=O) groups excluding carboxylic acids is 3. The first kappa shape index (κ1) is 29.7. The van der Waals surface area contributed by atoms with Crippen molar-refractivity contribution in [1.29, 1.82) is 0 Å². The number of benzene rings is 3. The summed E-state index contributed by atoms with van der Waals surface area (Å²) < 4.78 is 33.1. The summed E-state index contributed by atoms with van der Waals surface area (Å²) in [5.41, 5.74) is 3.15. The molecule has 1 heterocycles. The van der Waals surface area contributed by atoms with Crippen LogP contribution in [0.15, 0.2) is 56.5 Å². The van der Waals surface area contributed by atoms with Crippen LogP contribution in [0, 0.1) is 0 Å². The highest BCUT2D eigenvalue weighted by Crippen LogP contribution is 2.38. The minimum absolute atomic E-state index is 0.0765. The van der Waals surface area contributed by atoms with Crippen LogP contribution in [0.25, 0.3) is 0 Å². The molecule has 0 saturated carbocycles. The molecule has 3 aromatic rings. The molecule has 0 bridgehead atoms. The van der Waals surface area contributed by atoms with Gasteiger partial charge < -0.3 is 33.7 Å². The van der Waals surface area contributed by atoms with Gasteiger partial charge in [-0.05, 0) is 58.4 Å². The number of hydrogen-bond acceptors (Lipinski definition) is 10. The Morgan fingerprint density at radius 1 is 0.902 bits per heavy atom. The Morgan fingerprint density at radius 2 is 1.61 bits per heavy atom. The Balaban J connectivity index is 1.40. The van der Waals surface area contributed by atoms with Gasteiger partial charge in [0.2, 0.25) is 12.5 Å². The van der Waals surface area contributed by atoms with Gasteiger partial charge in [0.1, 0.15) is 0 Å². The van der Waals surface area contributed by atoms with Crippen molar-refractivity contribution in [1.82, 2.24) is 10.7 Å². The molecule has 0 aromatic heterocycles. The number of rotatable bonds is 10. The van der Waals surface area contributed by atoms with Gasteiger partial charge in [-0.1, -0.05) is 15.9 Å². The average Bonchev–Trinajstić information content (AvgIpc) is 3.44. The van der Waals surface area contributed by atoms with Crippen molar-refractivity contribution in [2.75, 3.05) is 34.7 Å². The zero-order valence-electron chi connectivity index (χ0n) is 21.9. The van der Waals surface area contributed by atoms with Crippen molar-refractivity contribution in [3.63, 3.8) is 0 Å². The molecule has 0 radical (unpaired) electrons. The molecule has 1 aliphatic heterocycles. The standard InChI is InChI=1S/C27H23Br2N3O9/c1-36-21-8-15(9-22(37-2)25(21)38-3)26(34)30-12-23(33)32-31-11-16-6-17(28)10-18(29)24(16)41-27(35)14-4-5-19-20(7-14)40-13-39-19/h4-11H,12-13H2,1-3H3,(H,30,34)(H,32,33). The van der Waals surface area contributed by atoms with E-state index < -0.39 is 17.8 Å². The number of hydrogen-bond donors (Lipinski definition) is 2. The molecule has 12 nitrogen and oxygen atoms in total. The summed E-state index contributed by atoms with van der Waals surface area (Å²) in [6, 6.07) is 11.0. The largest absolute Gasteiger partial charge is 0.493 e. The van der Waals surface area contributed by atoms with Crippen molar-refractivity contribution in [3.05, 3.63) is 68.1 Å². The highest BCUT2D eigenvalue weighted by atomic mass is 79.9. The molecular weight excluding hydrogens is 670 g/mol. The van der Waals surface area contributed by atoms with Gasteiger partial charge in [-0.15, -0.1) is 0 Å². The molecule has 0 saturated heterocycles. The van der Waals surface area contributed by atoms with Crippen LogP contribution >= 0.6 is 31.9 Å². The smallest absolute Gasteiger partial charge is 0.343 e. The molecule has 41 heavy (non-hydrogen) atoms. The number of fused-ring (bicyclic) bond motifs is 1. The molecule has 1 aliphatic rings. The minimum atomic E-state index is -0.639. The lowest BCUT2D eigenvalue weighted by Crippen LogP contribution is -2.35. The first-order valence-corrected chi connectivity index (χ1v) is 13.3. The van der Waals surface area contributed by atoms with E-state index in [-0.39, 0.29) is 30.2 Å². The number of ether oxygens (including phenoxy) is 6. The Labute approximate surface area is 251 Å². The third-order valence-electron chi connectivity index (χ3n) is 5.57. The van der Waals surface area contributed by atoms with Crippen LogP contribution in [-0.4, -0.2) is 58.7 Å². The number of halogens is 2. The van der Waals surface area contributed by atoms with Gasteiger partial charge in [0, 0.05) is 15.6 Å². The first-order valence-electron chi connectivity index (χ1n) is 11.7. The second-order valence-electron chi connectivity index (χ2n) is 8.15. The summed E-state index contributed by atoms with van der Waals surface area (Å²) in [7, 11) is 4.31. The van der Waals surface area contributed by atoms with Crippen molar-refractivity contribution < 1.29 is 42.8 Å². The van der Waals surface area contributed by atoms with Crippen LogP contribution in [0.2, 0.25) is 0 Å². The topological polar surface area (TPSA) is 143 Å². The highest BCUT2D eigenvalue weighted by Gasteiger charge is 2.20. The van der Waals surface area contributed by atoms with E-state index in [0.29, 0.717) is 43.3 Å². The average molecular weight is 693 g/mol. The molecule has 2 N–H and O–H groups in total. The van der Waals surface area contributed by atoms with Gasteiger partial charge in [-0.3, -0.25) is 9.59 Å². The second kappa shape index (κ2) is 13.4. The fraction of sp³-hybridized carbons (Fsp3) is 0.185. The number of hydrazone groups is 1. The zero-order valence-corrected chi connectivity index (χ0v) is 25.1. The minimum Gasteiger partial charge on any atom is -0.493 e. The van der Waals surface area contributed by atoms with Gasteiger partial charge in [0.05, 0.1) is 44.1 Å². The van der Waals surface area contributed by atoms with E-state index in [2.05, 4.69) is 47.7 Å². The predicted octanol–water partition coefficient (Wildman–Crippen LogP) is 4.07. The Bertz CT molecular complexity index is 1500. The first-order chi connectivity index (χ1) is 19.7. The van der Waals surface area contributed by atoms with Gasteiger partial charge in [0.15, 0.2) is 28.7 Å². The van der Waals surface area contributed by atoms with Crippen LogP contribution in [0.3, 0.4) is 0 Å². The molecule has 214 valence electrons. The van der Waals surface area contributed by atoms with Gasteiger partial charge in [-0.2, -0.15) is 5.10 Å². The molecule has 0 spiro atoms. The number of esters is 1. The lowest BCUT2D eigenvalue weighted by atomic mass is 10.1. The van der Waals surface area contributed by atoms with Crippen molar-refractivity contribution >= 4 is 55.9 Å². The predicted molar refractivity (Wildman–Crippen MR) is 154 cm³/mol. The fourth-order valence-electron chi connectivity index (χ4n) is 3.65. The van der Waals surface area contributed by atoms with Gasteiger partial charge in [-0.25, -0.2) is 10.2 Å². The number of nitrogens with zero attached hydrogens (tertiary/aromatic N) is 1. The molecule has 0 atom stereocenters. The summed E-state index contributed by atoms with van der Waals surface area (Å²) in [5, 5.41) is 6.44. The van der Waals surface area contributed by atoms with Gasteiger partial charge >= 0.3 is 5.97 Å². The molecule has 14 heteroatoms. The van der Waals surface area contributed by atoms with E-state index in [1.807, 2.05) is 0 Å². The van der Waals surface area contributed by atoms with Crippen molar-refractivity contribution in [3.8, 4) is 34.5 Å². The maximum atomic E-state index is 12.8. The lowest BCUT2D eigenvalue weighted by molar-refractivity contribution is -0.120. The maximum Gasteiger partial charge on any atom is 0.343 e. The monoisotopic (exact) mass is 691 g/mol.